The second kappa shape index (κ2) is 11.1. The van der Waals surface area contributed by atoms with E-state index in [2.05, 4.69) is 12.2 Å². The van der Waals surface area contributed by atoms with Crippen molar-refractivity contribution < 1.29 is 19.0 Å². The third kappa shape index (κ3) is 5.91. The van der Waals surface area contributed by atoms with E-state index < -0.39 is 5.91 Å². The van der Waals surface area contributed by atoms with Crippen LogP contribution in [0.4, 0.5) is 5.69 Å². The number of hydrogen-bond donors (Lipinski definition) is 1. The van der Waals surface area contributed by atoms with Gasteiger partial charge in [0.15, 0.2) is 11.5 Å². The molecule has 6 nitrogen and oxygen atoms in total. The van der Waals surface area contributed by atoms with Crippen LogP contribution in [0, 0.1) is 18.3 Å². The Hall–Kier alpha value is -3.17. The molecule has 2 rings (SSSR count). The zero-order valence-electron chi connectivity index (χ0n) is 17.5. The molecule has 0 saturated carbocycles. The number of unbranched alkanes of at least 4 members (excludes halogenated alkanes) is 1. The minimum atomic E-state index is -0.554. The molecule has 0 aliphatic heterocycles. The fourth-order valence-electron chi connectivity index (χ4n) is 2.66. The number of nitrogens with zero attached hydrogens (tertiary/aromatic N) is 1. The van der Waals surface area contributed by atoms with Crippen LogP contribution in [-0.2, 0) is 4.79 Å². The topological polar surface area (TPSA) is 80.6 Å². The molecule has 2 aromatic carbocycles. The number of carbonyl (C=O) groups excluding carboxylic acids is 1. The number of benzene rings is 2. The molecule has 0 atom stereocenters. The number of nitriles is 1. The molecule has 0 bridgehead atoms. The molecule has 30 heavy (non-hydrogen) atoms. The zero-order valence-corrected chi connectivity index (χ0v) is 18.3. The molecule has 1 amide bonds. The van der Waals surface area contributed by atoms with E-state index in [0.717, 1.165) is 18.4 Å². The molecule has 0 aromatic heterocycles. The number of hydrogen-bond acceptors (Lipinski definition) is 5. The number of anilines is 1. The average molecular weight is 429 g/mol. The number of aryl methyl sites for hydroxylation is 1. The molecule has 0 saturated heterocycles. The molecular weight excluding hydrogens is 404 g/mol. The molecule has 2 aromatic rings. The van der Waals surface area contributed by atoms with Crippen molar-refractivity contribution in [3.05, 3.63) is 52.1 Å². The Morgan fingerprint density at radius 2 is 1.90 bits per heavy atom. The fourth-order valence-corrected chi connectivity index (χ4v) is 2.81. The van der Waals surface area contributed by atoms with Crippen molar-refractivity contribution in [1.82, 2.24) is 0 Å². The van der Waals surface area contributed by atoms with Crippen LogP contribution < -0.4 is 19.5 Å². The molecule has 0 unspecified atom stereocenters. The van der Waals surface area contributed by atoms with Crippen molar-refractivity contribution in [3.63, 3.8) is 0 Å². The standard InChI is InChI=1S/C23H25ClN2O4/c1-5-6-9-30-22-12-16(7-8-20(22)28-3)11-17(14-25)23(27)26-19-10-15(2)18(24)13-21(19)29-4/h7-8,10-13H,5-6,9H2,1-4H3,(H,26,27)/b17-11+. The molecule has 0 heterocycles. The van der Waals surface area contributed by atoms with Crippen molar-refractivity contribution in [2.24, 2.45) is 0 Å². The number of nitrogens with one attached hydrogen (secondary N) is 1. The van der Waals surface area contributed by atoms with Crippen molar-refractivity contribution in [2.45, 2.75) is 26.7 Å². The lowest BCUT2D eigenvalue weighted by atomic mass is 10.1. The largest absolute Gasteiger partial charge is 0.495 e. The minimum absolute atomic E-state index is 0.0608. The van der Waals surface area contributed by atoms with E-state index in [1.54, 1.807) is 37.4 Å². The molecule has 1 N–H and O–H groups in total. The highest BCUT2D eigenvalue weighted by Crippen LogP contribution is 2.32. The predicted molar refractivity (Wildman–Crippen MR) is 118 cm³/mol. The minimum Gasteiger partial charge on any atom is -0.495 e. The Labute approximate surface area is 182 Å². The van der Waals surface area contributed by atoms with Gasteiger partial charge in [0.25, 0.3) is 5.91 Å². The lowest BCUT2D eigenvalue weighted by Crippen LogP contribution is -2.14. The summed E-state index contributed by atoms with van der Waals surface area (Å²) in [5.74, 6) is 1.01. The molecule has 0 aliphatic rings. The van der Waals surface area contributed by atoms with Crippen molar-refractivity contribution in [3.8, 4) is 23.3 Å². The van der Waals surface area contributed by atoms with E-state index in [9.17, 15) is 10.1 Å². The van der Waals surface area contributed by atoms with Crippen LogP contribution in [0.1, 0.15) is 30.9 Å². The van der Waals surface area contributed by atoms with Gasteiger partial charge in [0.2, 0.25) is 0 Å². The van der Waals surface area contributed by atoms with Gasteiger partial charge in [-0.05, 0) is 48.7 Å². The Kier molecular flexibility index (Phi) is 8.57. The van der Waals surface area contributed by atoms with Crippen LogP contribution >= 0.6 is 11.6 Å². The third-order valence-electron chi connectivity index (χ3n) is 4.35. The van der Waals surface area contributed by atoms with Crippen LogP contribution in [0.5, 0.6) is 17.2 Å². The summed E-state index contributed by atoms with van der Waals surface area (Å²) in [6.07, 6.45) is 3.42. The number of carbonyl (C=O) groups is 1. The van der Waals surface area contributed by atoms with Gasteiger partial charge in [0.05, 0.1) is 26.5 Å². The second-order valence-electron chi connectivity index (χ2n) is 6.54. The number of rotatable bonds is 9. The lowest BCUT2D eigenvalue weighted by Gasteiger charge is -2.12. The summed E-state index contributed by atoms with van der Waals surface area (Å²) in [5.41, 5.74) is 1.80. The maximum absolute atomic E-state index is 12.7. The molecule has 0 aliphatic carbocycles. The summed E-state index contributed by atoms with van der Waals surface area (Å²) in [6.45, 7) is 4.45. The summed E-state index contributed by atoms with van der Waals surface area (Å²) in [4.78, 5) is 12.7. The van der Waals surface area contributed by atoms with Crippen LogP contribution in [-0.4, -0.2) is 26.7 Å². The average Bonchev–Trinajstić information content (AvgIpc) is 2.74. The van der Waals surface area contributed by atoms with Gasteiger partial charge < -0.3 is 19.5 Å². The maximum atomic E-state index is 12.7. The SMILES string of the molecule is CCCCOc1cc(/C=C(\C#N)C(=O)Nc2cc(C)c(Cl)cc2OC)ccc1OC. The smallest absolute Gasteiger partial charge is 0.266 e. The van der Waals surface area contributed by atoms with Crippen LogP contribution in [0.15, 0.2) is 35.9 Å². The Balaban J connectivity index is 2.29. The first-order chi connectivity index (χ1) is 14.4. The van der Waals surface area contributed by atoms with E-state index in [-0.39, 0.29) is 5.57 Å². The van der Waals surface area contributed by atoms with Gasteiger partial charge in [-0.25, -0.2) is 0 Å². The first-order valence-electron chi connectivity index (χ1n) is 9.51. The normalized spacial score (nSPS) is 10.9. The highest BCUT2D eigenvalue weighted by Gasteiger charge is 2.15. The first-order valence-corrected chi connectivity index (χ1v) is 9.89. The summed E-state index contributed by atoms with van der Waals surface area (Å²) >= 11 is 6.10. The zero-order chi connectivity index (χ0) is 22.1. The maximum Gasteiger partial charge on any atom is 0.266 e. The van der Waals surface area contributed by atoms with E-state index in [1.807, 2.05) is 13.0 Å². The fraction of sp³-hybridized carbons (Fsp3) is 0.304. The summed E-state index contributed by atoms with van der Waals surface area (Å²) in [7, 11) is 3.04. The molecule has 7 heteroatoms. The highest BCUT2D eigenvalue weighted by atomic mass is 35.5. The molecule has 0 fully saturated rings. The molecule has 0 spiro atoms. The highest BCUT2D eigenvalue weighted by molar-refractivity contribution is 6.31. The van der Waals surface area contributed by atoms with Crippen molar-refractivity contribution >= 4 is 29.3 Å². The Morgan fingerprint density at radius 1 is 1.17 bits per heavy atom. The van der Waals surface area contributed by atoms with Crippen LogP contribution in [0.3, 0.4) is 0 Å². The summed E-state index contributed by atoms with van der Waals surface area (Å²) in [5, 5.41) is 12.8. The van der Waals surface area contributed by atoms with E-state index in [4.69, 9.17) is 25.8 Å². The van der Waals surface area contributed by atoms with Gasteiger partial charge >= 0.3 is 0 Å². The molecule has 158 valence electrons. The number of methoxy groups -OCH3 is 2. The lowest BCUT2D eigenvalue weighted by molar-refractivity contribution is -0.112. The second-order valence-corrected chi connectivity index (χ2v) is 6.95. The number of halogens is 1. The number of amides is 1. The van der Waals surface area contributed by atoms with E-state index in [0.29, 0.717) is 40.1 Å². The molecular formula is C23H25ClN2O4. The quantitative estimate of drug-likeness (QED) is 0.329. The van der Waals surface area contributed by atoms with Crippen molar-refractivity contribution in [2.75, 3.05) is 26.1 Å². The molecule has 0 radical (unpaired) electrons. The third-order valence-corrected chi connectivity index (χ3v) is 4.76. The van der Waals surface area contributed by atoms with Crippen LogP contribution in [0.25, 0.3) is 6.08 Å². The summed E-state index contributed by atoms with van der Waals surface area (Å²) < 4.78 is 16.4. The first kappa shape index (κ1) is 23.1. The van der Waals surface area contributed by atoms with Gasteiger partial charge in [0.1, 0.15) is 17.4 Å². The van der Waals surface area contributed by atoms with Gasteiger partial charge in [-0.1, -0.05) is 31.0 Å². The van der Waals surface area contributed by atoms with Gasteiger partial charge in [0, 0.05) is 11.1 Å². The van der Waals surface area contributed by atoms with Gasteiger partial charge in [-0.3, -0.25) is 4.79 Å². The number of ether oxygens (including phenoxy) is 3. The Bertz CT molecular complexity index is 980. The summed E-state index contributed by atoms with van der Waals surface area (Å²) in [6, 6.07) is 10.5. The van der Waals surface area contributed by atoms with E-state index in [1.165, 1.54) is 13.2 Å². The van der Waals surface area contributed by atoms with Crippen molar-refractivity contribution in [1.29, 1.82) is 5.26 Å². The van der Waals surface area contributed by atoms with E-state index >= 15 is 0 Å². The van der Waals surface area contributed by atoms with Gasteiger partial charge in [-0.15, -0.1) is 0 Å². The Morgan fingerprint density at radius 3 is 2.53 bits per heavy atom. The predicted octanol–water partition coefficient (Wildman–Crippen LogP) is 5.39. The van der Waals surface area contributed by atoms with Crippen LogP contribution in [0.2, 0.25) is 5.02 Å². The van der Waals surface area contributed by atoms with Gasteiger partial charge in [-0.2, -0.15) is 5.26 Å². The monoisotopic (exact) mass is 428 g/mol.